The van der Waals surface area contributed by atoms with Crippen molar-refractivity contribution in [1.29, 1.82) is 0 Å². The van der Waals surface area contributed by atoms with Gasteiger partial charge in [-0.2, -0.15) is 0 Å². The summed E-state index contributed by atoms with van der Waals surface area (Å²) in [4.78, 5) is 15.1. The third-order valence-electron chi connectivity index (χ3n) is 6.06. The van der Waals surface area contributed by atoms with Crippen molar-refractivity contribution in [2.24, 2.45) is 0 Å². The first-order valence-corrected chi connectivity index (χ1v) is 11.1. The van der Waals surface area contributed by atoms with Crippen LogP contribution in [0.1, 0.15) is 27.0 Å². The Kier molecular flexibility index (Phi) is 7.03. The SMILES string of the molecule is COc1cc(C(=O)NCCc2ccc(N3CCc4ccccc4C3)cc2)cc(OC)c1OC. The van der Waals surface area contributed by atoms with Gasteiger partial charge in [0, 0.05) is 30.9 Å². The van der Waals surface area contributed by atoms with Gasteiger partial charge < -0.3 is 24.4 Å². The summed E-state index contributed by atoms with van der Waals surface area (Å²) in [5.41, 5.74) is 5.73. The monoisotopic (exact) mass is 446 g/mol. The Hall–Kier alpha value is -3.67. The van der Waals surface area contributed by atoms with Crippen LogP contribution in [0.25, 0.3) is 0 Å². The number of carbonyl (C=O) groups excluding carboxylic acids is 1. The number of methoxy groups -OCH3 is 3. The molecule has 0 atom stereocenters. The summed E-state index contributed by atoms with van der Waals surface area (Å²) in [5, 5.41) is 2.98. The molecule has 33 heavy (non-hydrogen) atoms. The summed E-state index contributed by atoms with van der Waals surface area (Å²) in [6.07, 6.45) is 1.82. The van der Waals surface area contributed by atoms with Gasteiger partial charge in [-0.25, -0.2) is 0 Å². The average Bonchev–Trinajstić information content (AvgIpc) is 2.87. The molecule has 1 N–H and O–H groups in total. The predicted octanol–water partition coefficient (Wildman–Crippen LogP) is 4.25. The maximum atomic E-state index is 12.7. The van der Waals surface area contributed by atoms with Crippen LogP contribution in [-0.4, -0.2) is 40.3 Å². The van der Waals surface area contributed by atoms with Crippen LogP contribution in [0.4, 0.5) is 5.69 Å². The molecule has 1 aliphatic rings. The molecule has 0 saturated heterocycles. The second-order valence-corrected chi connectivity index (χ2v) is 8.03. The van der Waals surface area contributed by atoms with Gasteiger partial charge in [-0.1, -0.05) is 36.4 Å². The van der Waals surface area contributed by atoms with Crippen molar-refractivity contribution in [1.82, 2.24) is 5.32 Å². The van der Waals surface area contributed by atoms with Crippen molar-refractivity contribution >= 4 is 11.6 Å². The van der Waals surface area contributed by atoms with E-state index in [1.54, 1.807) is 12.1 Å². The van der Waals surface area contributed by atoms with Crippen LogP contribution in [-0.2, 0) is 19.4 Å². The fraction of sp³-hybridized carbons (Fsp3) is 0.296. The van der Waals surface area contributed by atoms with Crippen LogP contribution < -0.4 is 24.4 Å². The van der Waals surface area contributed by atoms with Crippen LogP contribution >= 0.6 is 0 Å². The van der Waals surface area contributed by atoms with Gasteiger partial charge in [0.15, 0.2) is 11.5 Å². The summed E-state index contributed by atoms with van der Waals surface area (Å²) >= 11 is 0. The molecule has 0 aliphatic carbocycles. The van der Waals surface area contributed by atoms with Crippen molar-refractivity contribution in [3.05, 3.63) is 82.9 Å². The largest absolute Gasteiger partial charge is 0.493 e. The number of hydrogen-bond acceptors (Lipinski definition) is 5. The molecular formula is C27H30N2O4. The first-order valence-electron chi connectivity index (χ1n) is 11.1. The summed E-state index contributed by atoms with van der Waals surface area (Å²) in [7, 11) is 4.60. The number of nitrogens with one attached hydrogen (secondary N) is 1. The molecule has 0 aromatic heterocycles. The minimum Gasteiger partial charge on any atom is -0.493 e. The molecule has 4 rings (SSSR count). The lowest BCUT2D eigenvalue weighted by atomic mass is 9.99. The number of carbonyl (C=O) groups is 1. The lowest BCUT2D eigenvalue weighted by Gasteiger charge is -2.30. The van der Waals surface area contributed by atoms with Crippen LogP contribution in [0.3, 0.4) is 0 Å². The maximum absolute atomic E-state index is 12.7. The first-order chi connectivity index (χ1) is 16.1. The van der Waals surface area contributed by atoms with E-state index in [1.165, 1.54) is 43.7 Å². The number of amides is 1. The molecule has 0 bridgehead atoms. The molecule has 0 fully saturated rings. The van der Waals surface area contributed by atoms with Gasteiger partial charge in [0.2, 0.25) is 5.75 Å². The number of hydrogen-bond donors (Lipinski definition) is 1. The highest BCUT2D eigenvalue weighted by Gasteiger charge is 2.17. The molecule has 6 nitrogen and oxygen atoms in total. The molecule has 3 aromatic rings. The van der Waals surface area contributed by atoms with Crippen molar-refractivity contribution in [3.63, 3.8) is 0 Å². The average molecular weight is 447 g/mol. The second kappa shape index (κ2) is 10.3. The van der Waals surface area contributed by atoms with Crippen molar-refractivity contribution < 1.29 is 19.0 Å². The minimum absolute atomic E-state index is 0.183. The van der Waals surface area contributed by atoms with Gasteiger partial charge in [0.25, 0.3) is 5.91 Å². The van der Waals surface area contributed by atoms with E-state index in [4.69, 9.17) is 14.2 Å². The van der Waals surface area contributed by atoms with Crippen LogP contribution in [0, 0.1) is 0 Å². The standard InChI is InChI=1S/C27H30N2O4/c1-31-24-16-22(17-25(32-2)26(24)33-3)27(30)28-14-12-19-8-10-23(11-9-19)29-15-13-20-6-4-5-7-21(20)18-29/h4-11,16-17H,12-15,18H2,1-3H3,(H,28,30). The zero-order chi connectivity index (χ0) is 23.2. The fourth-order valence-electron chi connectivity index (χ4n) is 4.22. The lowest BCUT2D eigenvalue weighted by Crippen LogP contribution is -2.30. The molecule has 0 unspecified atom stereocenters. The number of nitrogens with zero attached hydrogens (tertiary/aromatic N) is 1. The summed E-state index contributed by atoms with van der Waals surface area (Å²) in [6.45, 7) is 2.51. The van der Waals surface area contributed by atoms with E-state index in [1.807, 2.05) is 0 Å². The van der Waals surface area contributed by atoms with Crippen LogP contribution in [0.5, 0.6) is 17.2 Å². The normalized spacial score (nSPS) is 12.6. The zero-order valence-corrected chi connectivity index (χ0v) is 19.4. The Morgan fingerprint density at radius 3 is 2.21 bits per heavy atom. The third-order valence-corrected chi connectivity index (χ3v) is 6.06. The van der Waals surface area contributed by atoms with Gasteiger partial charge in [-0.05, 0) is 53.8 Å². The van der Waals surface area contributed by atoms with Crippen molar-refractivity contribution in [2.75, 3.05) is 39.3 Å². The summed E-state index contributed by atoms with van der Waals surface area (Å²) < 4.78 is 16.0. The van der Waals surface area contributed by atoms with Gasteiger partial charge in [0.05, 0.1) is 21.3 Å². The van der Waals surface area contributed by atoms with E-state index in [-0.39, 0.29) is 5.91 Å². The molecule has 1 amide bonds. The molecule has 6 heteroatoms. The Labute approximate surface area is 195 Å². The van der Waals surface area contributed by atoms with E-state index in [2.05, 4.69) is 58.7 Å². The zero-order valence-electron chi connectivity index (χ0n) is 19.4. The van der Waals surface area contributed by atoms with Gasteiger partial charge in [0.1, 0.15) is 0 Å². The fourth-order valence-corrected chi connectivity index (χ4v) is 4.22. The Morgan fingerprint density at radius 2 is 1.58 bits per heavy atom. The smallest absolute Gasteiger partial charge is 0.251 e. The van der Waals surface area contributed by atoms with Gasteiger partial charge >= 0.3 is 0 Å². The predicted molar refractivity (Wildman–Crippen MR) is 130 cm³/mol. The number of anilines is 1. The first kappa shape index (κ1) is 22.5. The number of ether oxygens (including phenoxy) is 3. The Morgan fingerprint density at radius 1 is 0.909 bits per heavy atom. The summed E-state index contributed by atoms with van der Waals surface area (Å²) in [5.74, 6) is 1.20. The van der Waals surface area contributed by atoms with Gasteiger partial charge in [-0.3, -0.25) is 4.79 Å². The minimum atomic E-state index is -0.183. The molecule has 0 saturated carbocycles. The highest BCUT2D eigenvalue weighted by molar-refractivity contribution is 5.95. The van der Waals surface area contributed by atoms with Crippen LogP contribution in [0.2, 0.25) is 0 Å². The topological polar surface area (TPSA) is 60.0 Å². The Bertz CT molecular complexity index is 1090. The van der Waals surface area contributed by atoms with Crippen molar-refractivity contribution in [3.8, 4) is 17.2 Å². The number of benzene rings is 3. The molecule has 172 valence electrons. The van der Waals surface area contributed by atoms with Gasteiger partial charge in [-0.15, -0.1) is 0 Å². The Balaban J connectivity index is 1.33. The lowest BCUT2D eigenvalue weighted by molar-refractivity contribution is 0.0953. The van der Waals surface area contributed by atoms with E-state index in [0.717, 1.165) is 25.9 Å². The van der Waals surface area contributed by atoms with Crippen molar-refractivity contribution in [2.45, 2.75) is 19.4 Å². The number of fused-ring (bicyclic) bond motifs is 1. The molecule has 3 aromatic carbocycles. The molecule has 1 heterocycles. The van der Waals surface area contributed by atoms with E-state index in [0.29, 0.717) is 29.4 Å². The maximum Gasteiger partial charge on any atom is 0.251 e. The number of rotatable bonds is 8. The second-order valence-electron chi connectivity index (χ2n) is 8.03. The highest BCUT2D eigenvalue weighted by atomic mass is 16.5. The molecule has 0 radical (unpaired) electrons. The molecule has 0 spiro atoms. The van der Waals surface area contributed by atoms with E-state index in [9.17, 15) is 4.79 Å². The summed E-state index contributed by atoms with van der Waals surface area (Å²) in [6, 6.07) is 20.6. The quantitative estimate of drug-likeness (QED) is 0.561. The van der Waals surface area contributed by atoms with E-state index < -0.39 is 0 Å². The molecular weight excluding hydrogens is 416 g/mol. The van der Waals surface area contributed by atoms with E-state index >= 15 is 0 Å². The van der Waals surface area contributed by atoms with Crippen LogP contribution in [0.15, 0.2) is 60.7 Å². The third kappa shape index (κ3) is 5.06. The molecule has 1 aliphatic heterocycles. The highest BCUT2D eigenvalue weighted by Crippen LogP contribution is 2.38.